The van der Waals surface area contributed by atoms with Gasteiger partial charge in [-0.2, -0.15) is 0 Å². The Morgan fingerprint density at radius 2 is 1.86 bits per heavy atom. The van der Waals surface area contributed by atoms with Crippen LogP contribution in [0.3, 0.4) is 0 Å². The van der Waals surface area contributed by atoms with Crippen molar-refractivity contribution in [3.63, 3.8) is 0 Å². The standard InChI is InChI=1S/C17H21NO3/c1-10-16(13-8-9-13)18(11(2)19)15-7-5-4-6-14(15)17(10)21-12(3)20/h4-7,10,13,16-17H,8-9H2,1-3H3. The molecule has 1 saturated carbocycles. The third-order valence-corrected chi connectivity index (χ3v) is 4.55. The van der Waals surface area contributed by atoms with Crippen LogP contribution in [-0.2, 0) is 14.3 Å². The molecule has 0 aromatic heterocycles. The maximum Gasteiger partial charge on any atom is 0.303 e. The van der Waals surface area contributed by atoms with Crippen LogP contribution in [0.4, 0.5) is 5.69 Å². The van der Waals surface area contributed by atoms with Gasteiger partial charge in [0.1, 0.15) is 6.10 Å². The first-order valence-corrected chi connectivity index (χ1v) is 7.56. The van der Waals surface area contributed by atoms with Gasteiger partial charge in [-0.1, -0.05) is 25.1 Å². The number of carbonyl (C=O) groups excluding carboxylic acids is 2. The second-order valence-corrected chi connectivity index (χ2v) is 6.17. The highest BCUT2D eigenvalue weighted by Crippen LogP contribution is 2.50. The van der Waals surface area contributed by atoms with E-state index in [1.807, 2.05) is 29.2 Å². The number of rotatable bonds is 2. The fourth-order valence-electron chi connectivity index (χ4n) is 3.61. The predicted molar refractivity (Wildman–Crippen MR) is 79.8 cm³/mol. The summed E-state index contributed by atoms with van der Waals surface area (Å²) in [6, 6.07) is 7.89. The van der Waals surface area contributed by atoms with Crippen molar-refractivity contribution >= 4 is 17.6 Å². The number of hydrogen-bond acceptors (Lipinski definition) is 3. The van der Waals surface area contributed by atoms with Crippen LogP contribution in [0, 0.1) is 11.8 Å². The summed E-state index contributed by atoms with van der Waals surface area (Å²) < 4.78 is 5.59. The zero-order chi connectivity index (χ0) is 15.1. The lowest BCUT2D eigenvalue weighted by molar-refractivity contribution is -0.150. The van der Waals surface area contributed by atoms with E-state index in [0.29, 0.717) is 5.92 Å². The molecule has 0 N–H and O–H groups in total. The van der Waals surface area contributed by atoms with Crippen LogP contribution in [0.2, 0.25) is 0 Å². The van der Waals surface area contributed by atoms with Crippen molar-refractivity contribution in [2.45, 2.75) is 45.8 Å². The second kappa shape index (κ2) is 5.17. The average molecular weight is 287 g/mol. The van der Waals surface area contributed by atoms with Crippen molar-refractivity contribution in [3.05, 3.63) is 29.8 Å². The quantitative estimate of drug-likeness (QED) is 0.785. The first-order valence-electron chi connectivity index (χ1n) is 7.56. The maximum atomic E-state index is 12.2. The van der Waals surface area contributed by atoms with E-state index in [0.717, 1.165) is 24.1 Å². The average Bonchev–Trinajstić information content (AvgIpc) is 3.25. The van der Waals surface area contributed by atoms with Gasteiger partial charge in [0.15, 0.2) is 0 Å². The summed E-state index contributed by atoms with van der Waals surface area (Å²) in [7, 11) is 0. The Labute approximate surface area is 125 Å². The Morgan fingerprint density at radius 1 is 1.19 bits per heavy atom. The van der Waals surface area contributed by atoms with Gasteiger partial charge in [0.05, 0.1) is 5.69 Å². The van der Waals surface area contributed by atoms with E-state index in [2.05, 4.69) is 6.92 Å². The molecule has 3 rings (SSSR count). The van der Waals surface area contributed by atoms with E-state index in [-0.39, 0.29) is 29.9 Å². The van der Waals surface area contributed by atoms with Crippen molar-refractivity contribution in [2.24, 2.45) is 11.8 Å². The number of hydrogen-bond donors (Lipinski definition) is 0. The molecule has 4 nitrogen and oxygen atoms in total. The lowest BCUT2D eigenvalue weighted by Gasteiger charge is -2.44. The minimum Gasteiger partial charge on any atom is -0.457 e. The molecular weight excluding hydrogens is 266 g/mol. The van der Waals surface area contributed by atoms with E-state index >= 15 is 0 Å². The Bertz CT molecular complexity index is 579. The first kappa shape index (κ1) is 14.1. The van der Waals surface area contributed by atoms with Crippen LogP contribution in [0.5, 0.6) is 0 Å². The van der Waals surface area contributed by atoms with Gasteiger partial charge in [0.25, 0.3) is 0 Å². The first-order chi connectivity index (χ1) is 10.0. The summed E-state index contributed by atoms with van der Waals surface area (Å²) in [6.07, 6.45) is 2.03. The molecule has 1 aliphatic heterocycles. The summed E-state index contributed by atoms with van der Waals surface area (Å²) in [5.74, 6) is 0.426. The van der Waals surface area contributed by atoms with Crippen LogP contribution in [-0.4, -0.2) is 17.9 Å². The maximum absolute atomic E-state index is 12.2. The highest BCUT2D eigenvalue weighted by atomic mass is 16.5. The van der Waals surface area contributed by atoms with Gasteiger partial charge < -0.3 is 9.64 Å². The summed E-state index contributed by atoms with van der Waals surface area (Å²) in [5.41, 5.74) is 1.83. The SMILES string of the molecule is CC(=O)OC1c2ccccc2N(C(C)=O)C(C2CC2)C1C. The molecule has 2 aliphatic rings. The van der Waals surface area contributed by atoms with E-state index in [9.17, 15) is 9.59 Å². The molecular formula is C17H21NO3. The monoisotopic (exact) mass is 287 g/mol. The smallest absolute Gasteiger partial charge is 0.303 e. The predicted octanol–water partition coefficient (Wildman–Crippen LogP) is 3.07. The summed E-state index contributed by atoms with van der Waals surface area (Å²) in [4.78, 5) is 25.6. The van der Waals surface area contributed by atoms with Crippen LogP contribution < -0.4 is 4.90 Å². The number of para-hydroxylation sites is 1. The molecule has 0 radical (unpaired) electrons. The molecule has 21 heavy (non-hydrogen) atoms. The number of ether oxygens (including phenoxy) is 1. The van der Waals surface area contributed by atoms with Gasteiger partial charge in [-0.15, -0.1) is 0 Å². The van der Waals surface area contributed by atoms with Gasteiger partial charge >= 0.3 is 5.97 Å². The Hall–Kier alpha value is -1.84. The lowest BCUT2D eigenvalue weighted by atomic mass is 9.81. The van der Waals surface area contributed by atoms with Crippen molar-refractivity contribution in [3.8, 4) is 0 Å². The molecule has 0 bridgehead atoms. The molecule has 0 spiro atoms. The number of amides is 1. The van der Waals surface area contributed by atoms with Crippen LogP contribution in [0.25, 0.3) is 0 Å². The molecule has 1 amide bonds. The topological polar surface area (TPSA) is 46.6 Å². The molecule has 1 aliphatic carbocycles. The molecule has 1 heterocycles. The van der Waals surface area contributed by atoms with Crippen molar-refractivity contribution < 1.29 is 14.3 Å². The number of carbonyl (C=O) groups is 2. The summed E-state index contributed by atoms with van der Waals surface area (Å²) >= 11 is 0. The summed E-state index contributed by atoms with van der Waals surface area (Å²) in [5, 5.41) is 0. The van der Waals surface area contributed by atoms with Gasteiger partial charge in [0, 0.05) is 31.4 Å². The number of nitrogens with zero attached hydrogens (tertiary/aromatic N) is 1. The Kier molecular flexibility index (Phi) is 3.47. The highest BCUT2D eigenvalue weighted by molar-refractivity contribution is 5.94. The molecule has 1 aromatic carbocycles. The van der Waals surface area contributed by atoms with E-state index < -0.39 is 0 Å². The van der Waals surface area contributed by atoms with Crippen molar-refractivity contribution in [1.29, 1.82) is 0 Å². The Balaban J connectivity index is 2.09. The molecule has 112 valence electrons. The molecule has 0 saturated heterocycles. The van der Waals surface area contributed by atoms with E-state index in [4.69, 9.17) is 4.74 Å². The zero-order valence-electron chi connectivity index (χ0n) is 12.7. The van der Waals surface area contributed by atoms with Gasteiger partial charge in [0.2, 0.25) is 5.91 Å². The molecule has 3 atom stereocenters. The van der Waals surface area contributed by atoms with Crippen molar-refractivity contribution in [2.75, 3.05) is 4.90 Å². The van der Waals surface area contributed by atoms with E-state index in [1.165, 1.54) is 6.92 Å². The summed E-state index contributed by atoms with van der Waals surface area (Å²) in [6.45, 7) is 5.15. The molecule has 4 heteroatoms. The van der Waals surface area contributed by atoms with Crippen LogP contribution in [0.15, 0.2) is 24.3 Å². The number of esters is 1. The van der Waals surface area contributed by atoms with Crippen LogP contribution >= 0.6 is 0 Å². The lowest BCUT2D eigenvalue weighted by Crippen LogP contribution is -2.50. The fourth-order valence-corrected chi connectivity index (χ4v) is 3.61. The third-order valence-electron chi connectivity index (χ3n) is 4.55. The molecule has 1 aromatic rings. The van der Waals surface area contributed by atoms with Crippen LogP contribution in [0.1, 0.15) is 45.3 Å². The number of benzene rings is 1. The zero-order valence-corrected chi connectivity index (χ0v) is 12.7. The Morgan fingerprint density at radius 3 is 2.43 bits per heavy atom. The minimum absolute atomic E-state index is 0.0625. The number of anilines is 1. The van der Waals surface area contributed by atoms with Gasteiger partial charge in [-0.05, 0) is 24.8 Å². The number of fused-ring (bicyclic) bond motifs is 1. The fraction of sp³-hybridized carbons (Fsp3) is 0.529. The molecule has 1 fully saturated rings. The third kappa shape index (κ3) is 2.43. The largest absolute Gasteiger partial charge is 0.457 e. The normalized spacial score (nSPS) is 28.0. The van der Waals surface area contributed by atoms with Crippen molar-refractivity contribution in [1.82, 2.24) is 0 Å². The van der Waals surface area contributed by atoms with E-state index in [1.54, 1.807) is 6.92 Å². The minimum atomic E-state index is -0.271. The second-order valence-electron chi connectivity index (χ2n) is 6.17. The highest BCUT2D eigenvalue weighted by Gasteiger charge is 2.48. The molecule has 3 unspecified atom stereocenters. The van der Waals surface area contributed by atoms with Gasteiger partial charge in [-0.25, -0.2) is 0 Å². The van der Waals surface area contributed by atoms with Gasteiger partial charge in [-0.3, -0.25) is 9.59 Å².